The highest BCUT2D eigenvalue weighted by molar-refractivity contribution is 5.89. The molecule has 0 radical (unpaired) electrons. The molecule has 0 aliphatic carbocycles. The second-order valence-electron chi connectivity index (χ2n) is 4.65. The summed E-state index contributed by atoms with van der Waals surface area (Å²) in [4.78, 5) is 11.9. The van der Waals surface area contributed by atoms with E-state index < -0.39 is 30.4 Å². The van der Waals surface area contributed by atoms with Crippen LogP contribution in [0, 0.1) is 0 Å². The van der Waals surface area contributed by atoms with Crippen LogP contribution in [0.2, 0.25) is 0 Å². The second kappa shape index (κ2) is 4.80. The van der Waals surface area contributed by atoms with Gasteiger partial charge in [-0.05, 0) is 24.3 Å². The number of rotatable bonds is 2. The third-order valence-corrected chi connectivity index (χ3v) is 3.34. The molecule has 19 heavy (non-hydrogen) atoms. The zero-order valence-corrected chi connectivity index (χ0v) is 10.1. The Balaban J connectivity index is 1.66. The van der Waals surface area contributed by atoms with Gasteiger partial charge in [-0.25, -0.2) is 4.79 Å². The lowest BCUT2D eigenvalue weighted by molar-refractivity contribution is -0.0209. The van der Waals surface area contributed by atoms with Crippen LogP contribution in [0.5, 0.6) is 5.75 Å². The smallest absolute Gasteiger partial charge is 0.338 e. The molecule has 2 aliphatic heterocycles. The number of aliphatic hydroxyl groups is 1. The van der Waals surface area contributed by atoms with Crippen LogP contribution in [0.15, 0.2) is 24.3 Å². The average Bonchev–Trinajstić information content (AvgIpc) is 2.95. The van der Waals surface area contributed by atoms with Gasteiger partial charge in [0.05, 0.1) is 18.8 Å². The minimum absolute atomic E-state index is 0.0862. The number of esters is 1. The first-order valence-electron chi connectivity index (χ1n) is 6.06. The highest BCUT2D eigenvalue weighted by Gasteiger charge is 2.48. The number of phenols is 1. The SMILES string of the molecule is O=C(O[C@H]1COC2C1OC[C@@H]2O)c1ccc(O)cc1. The van der Waals surface area contributed by atoms with Crippen LogP contribution >= 0.6 is 0 Å². The molecule has 2 heterocycles. The van der Waals surface area contributed by atoms with Gasteiger partial charge in [-0.1, -0.05) is 0 Å². The quantitative estimate of drug-likeness (QED) is 0.737. The van der Waals surface area contributed by atoms with Gasteiger partial charge in [0.1, 0.15) is 24.1 Å². The van der Waals surface area contributed by atoms with Crippen molar-refractivity contribution >= 4 is 5.97 Å². The van der Waals surface area contributed by atoms with E-state index in [1.54, 1.807) is 0 Å². The zero-order valence-electron chi connectivity index (χ0n) is 10.1. The molecule has 6 heteroatoms. The molecule has 2 N–H and O–H groups in total. The van der Waals surface area contributed by atoms with E-state index in [0.717, 1.165) is 0 Å². The van der Waals surface area contributed by atoms with Gasteiger partial charge in [0.2, 0.25) is 0 Å². The van der Waals surface area contributed by atoms with Crippen LogP contribution in [-0.2, 0) is 14.2 Å². The molecule has 1 aromatic carbocycles. The topological polar surface area (TPSA) is 85.2 Å². The van der Waals surface area contributed by atoms with E-state index in [1.807, 2.05) is 0 Å². The summed E-state index contributed by atoms with van der Waals surface area (Å²) in [5.41, 5.74) is 0.347. The first kappa shape index (κ1) is 12.4. The van der Waals surface area contributed by atoms with E-state index >= 15 is 0 Å². The first-order chi connectivity index (χ1) is 9.15. The Morgan fingerprint density at radius 3 is 2.58 bits per heavy atom. The summed E-state index contributed by atoms with van der Waals surface area (Å²) in [7, 11) is 0. The van der Waals surface area contributed by atoms with Gasteiger partial charge in [0.15, 0.2) is 6.10 Å². The van der Waals surface area contributed by atoms with Crippen LogP contribution < -0.4 is 0 Å². The van der Waals surface area contributed by atoms with Crippen LogP contribution in [0.4, 0.5) is 0 Å². The summed E-state index contributed by atoms with van der Waals surface area (Å²) in [6, 6.07) is 5.80. The van der Waals surface area contributed by atoms with Crippen molar-refractivity contribution in [3.05, 3.63) is 29.8 Å². The lowest BCUT2D eigenvalue weighted by Gasteiger charge is -2.16. The maximum atomic E-state index is 11.9. The lowest BCUT2D eigenvalue weighted by atomic mass is 10.1. The molecule has 2 fully saturated rings. The van der Waals surface area contributed by atoms with E-state index in [9.17, 15) is 9.90 Å². The molecule has 102 valence electrons. The number of ether oxygens (including phenoxy) is 3. The fraction of sp³-hybridized carbons (Fsp3) is 0.462. The summed E-state index contributed by atoms with van der Waals surface area (Å²) < 4.78 is 16.0. The number of phenolic OH excluding ortho intramolecular Hbond substituents is 1. The van der Waals surface area contributed by atoms with Crippen LogP contribution in [-0.4, -0.2) is 53.8 Å². The van der Waals surface area contributed by atoms with Crippen molar-refractivity contribution in [3.63, 3.8) is 0 Å². The van der Waals surface area contributed by atoms with Gasteiger partial charge in [-0.3, -0.25) is 0 Å². The number of benzene rings is 1. The highest BCUT2D eigenvalue weighted by Crippen LogP contribution is 2.29. The predicted octanol–water partition coefficient (Wildman–Crippen LogP) is 0.0761. The Hall–Kier alpha value is -1.63. The molecule has 0 amide bonds. The van der Waals surface area contributed by atoms with E-state index in [0.29, 0.717) is 5.56 Å². The van der Waals surface area contributed by atoms with Crippen LogP contribution in [0.1, 0.15) is 10.4 Å². The molecule has 0 saturated carbocycles. The largest absolute Gasteiger partial charge is 0.508 e. The van der Waals surface area contributed by atoms with Gasteiger partial charge < -0.3 is 24.4 Å². The Kier molecular flexibility index (Phi) is 3.14. The van der Waals surface area contributed by atoms with Crippen molar-refractivity contribution in [2.24, 2.45) is 0 Å². The highest BCUT2D eigenvalue weighted by atomic mass is 16.6. The monoisotopic (exact) mass is 266 g/mol. The molecular formula is C13H14O6. The van der Waals surface area contributed by atoms with E-state index in [-0.39, 0.29) is 19.0 Å². The Morgan fingerprint density at radius 2 is 1.84 bits per heavy atom. The fourth-order valence-corrected chi connectivity index (χ4v) is 2.35. The van der Waals surface area contributed by atoms with E-state index in [1.165, 1.54) is 24.3 Å². The molecule has 2 unspecified atom stereocenters. The average molecular weight is 266 g/mol. The standard InChI is InChI=1S/C13H14O6/c14-8-3-1-7(2-4-8)13(16)19-10-6-18-11-9(15)5-17-12(10)11/h1-4,9-12,14-15H,5-6H2/t9-,10-,11?,12?/m0/s1. The molecule has 0 spiro atoms. The third-order valence-electron chi connectivity index (χ3n) is 3.34. The van der Waals surface area contributed by atoms with Gasteiger partial charge in [0, 0.05) is 0 Å². The molecule has 2 saturated heterocycles. The number of aliphatic hydroxyl groups excluding tert-OH is 1. The molecule has 0 aromatic heterocycles. The van der Waals surface area contributed by atoms with E-state index in [4.69, 9.17) is 19.3 Å². The van der Waals surface area contributed by atoms with Crippen LogP contribution in [0.3, 0.4) is 0 Å². The first-order valence-corrected chi connectivity index (χ1v) is 6.06. The summed E-state index contributed by atoms with van der Waals surface area (Å²) >= 11 is 0. The second-order valence-corrected chi connectivity index (χ2v) is 4.65. The van der Waals surface area contributed by atoms with Crippen molar-refractivity contribution in [1.82, 2.24) is 0 Å². The van der Waals surface area contributed by atoms with Crippen molar-refractivity contribution in [2.75, 3.05) is 13.2 Å². The summed E-state index contributed by atoms with van der Waals surface area (Å²) in [5, 5.41) is 18.7. The number of fused-ring (bicyclic) bond motifs is 1. The van der Waals surface area contributed by atoms with Gasteiger partial charge in [-0.15, -0.1) is 0 Å². The number of aromatic hydroxyl groups is 1. The summed E-state index contributed by atoms with van der Waals surface area (Å²) in [6.07, 6.45) is -2.00. The van der Waals surface area contributed by atoms with Crippen molar-refractivity contribution in [3.8, 4) is 5.75 Å². The molecule has 3 rings (SSSR count). The Bertz CT molecular complexity index is 471. The van der Waals surface area contributed by atoms with Crippen molar-refractivity contribution in [2.45, 2.75) is 24.4 Å². The fourth-order valence-electron chi connectivity index (χ4n) is 2.35. The summed E-state index contributed by atoms with van der Waals surface area (Å²) in [6.45, 7) is 0.415. The summed E-state index contributed by atoms with van der Waals surface area (Å²) in [5.74, 6) is -0.415. The molecule has 4 atom stereocenters. The minimum atomic E-state index is -0.664. The van der Waals surface area contributed by atoms with Crippen LogP contribution in [0.25, 0.3) is 0 Å². The molecular weight excluding hydrogens is 252 g/mol. The molecule has 6 nitrogen and oxygen atoms in total. The van der Waals surface area contributed by atoms with Gasteiger partial charge >= 0.3 is 5.97 Å². The normalized spacial score (nSPS) is 33.1. The Labute approximate surface area is 109 Å². The van der Waals surface area contributed by atoms with Gasteiger partial charge in [0.25, 0.3) is 0 Å². The zero-order chi connectivity index (χ0) is 13.4. The molecule has 2 aliphatic rings. The van der Waals surface area contributed by atoms with Crippen molar-refractivity contribution in [1.29, 1.82) is 0 Å². The number of hydrogen-bond donors (Lipinski definition) is 2. The van der Waals surface area contributed by atoms with E-state index in [2.05, 4.69) is 0 Å². The Morgan fingerprint density at radius 1 is 1.16 bits per heavy atom. The minimum Gasteiger partial charge on any atom is -0.508 e. The maximum absolute atomic E-state index is 11.9. The lowest BCUT2D eigenvalue weighted by Crippen LogP contribution is -2.34. The number of hydrogen-bond acceptors (Lipinski definition) is 6. The molecule has 1 aromatic rings. The third kappa shape index (κ3) is 2.30. The maximum Gasteiger partial charge on any atom is 0.338 e. The van der Waals surface area contributed by atoms with Crippen molar-refractivity contribution < 1.29 is 29.2 Å². The van der Waals surface area contributed by atoms with Gasteiger partial charge in [-0.2, -0.15) is 0 Å². The predicted molar refractivity (Wildman–Crippen MR) is 62.8 cm³/mol. The number of carbonyl (C=O) groups excluding carboxylic acids is 1. The number of carbonyl (C=O) groups is 1. The molecule has 0 bridgehead atoms.